The first-order chi connectivity index (χ1) is 8.20. The van der Waals surface area contributed by atoms with Gasteiger partial charge >= 0.3 is 0 Å². The Morgan fingerprint density at radius 3 is 2.29 bits per heavy atom. The fourth-order valence-corrected chi connectivity index (χ4v) is 2.17. The van der Waals surface area contributed by atoms with Crippen molar-refractivity contribution in [3.05, 3.63) is 24.3 Å². The van der Waals surface area contributed by atoms with Crippen molar-refractivity contribution in [3.63, 3.8) is 0 Å². The lowest BCUT2D eigenvalue weighted by Gasteiger charge is -2.37. The van der Waals surface area contributed by atoms with E-state index in [0.29, 0.717) is 5.75 Å². The Morgan fingerprint density at radius 2 is 1.76 bits per heavy atom. The van der Waals surface area contributed by atoms with E-state index >= 15 is 0 Å². The summed E-state index contributed by atoms with van der Waals surface area (Å²) in [6, 6.07) is 7.34. The zero-order chi connectivity index (χ0) is 12.3. The van der Waals surface area contributed by atoms with Crippen molar-refractivity contribution in [1.29, 1.82) is 0 Å². The van der Waals surface area contributed by atoms with Crippen LogP contribution in [0.5, 0.6) is 5.75 Å². The maximum Gasteiger partial charge on any atom is 0.168 e. The maximum absolute atomic E-state index is 9.25. The van der Waals surface area contributed by atoms with E-state index in [0.717, 1.165) is 37.0 Å². The first-order valence-corrected chi connectivity index (χ1v) is 6.12. The number of nitrogens with zero attached hydrogens (tertiary/aromatic N) is 2. The molecule has 17 heavy (non-hydrogen) atoms. The molecule has 0 spiro atoms. The molecule has 1 heterocycles. The van der Waals surface area contributed by atoms with Gasteiger partial charge in [-0.15, -0.1) is 0 Å². The standard InChI is InChI=1S/C12H17N3OS/c1-13-12(17)15-8-6-14(7-9-15)10-2-4-11(16)5-3-10/h2-5,16H,6-9H2,1H3,(H,13,17). The molecule has 4 nitrogen and oxygen atoms in total. The molecular formula is C12H17N3OS. The number of rotatable bonds is 1. The van der Waals surface area contributed by atoms with E-state index in [9.17, 15) is 5.11 Å². The number of benzene rings is 1. The van der Waals surface area contributed by atoms with Crippen molar-refractivity contribution in [1.82, 2.24) is 10.2 Å². The van der Waals surface area contributed by atoms with Crippen LogP contribution in [-0.2, 0) is 0 Å². The SMILES string of the molecule is CNC(=S)N1CCN(c2ccc(O)cc2)CC1. The molecule has 0 amide bonds. The Morgan fingerprint density at radius 1 is 1.18 bits per heavy atom. The molecule has 0 radical (unpaired) electrons. The third-order valence-electron chi connectivity index (χ3n) is 3.00. The molecule has 0 saturated carbocycles. The van der Waals surface area contributed by atoms with Crippen molar-refractivity contribution in [2.45, 2.75) is 0 Å². The molecule has 2 N–H and O–H groups in total. The van der Waals surface area contributed by atoms with Gasteiger partial charge in [-0.25, -0.2) is 0 Å². The number of hydrogen-bond donors (Lipinski definition) is 2. The Balaban J connectivity index is 1.95. The van der Waals surface area contributed by atoms with Gasteiger partial charge in [0.05, 0.1) is 0 Å². The summed E-state index contributed by atoms with van der Waals surface area (Å²) in [5, 5.41) is 13.1. The predicted molar refractivity (Wildman–Crippen MR) is 73.6 cm³/mol. The third-order valence-corrected chi connectivity index (χ3v) is 3.46. The van der Waals surface area contributed by atoms with E-state index in [2.05, 4.69) is 15.1 Å². The van der Waals surface area contributed by atoms with Crippen LogP contribution in [0.25, 0.3) is 0 Å². The van der Waals surface area contributed by atoms with Crippen molar-refractivity contribution >= 4 is 23.0 Å². The Kier molecular flexibility index (Phi) is 3.68. The molecule has 0 bridgehead atoms. The number of thiocarbonyl (C=S) groups is 1. The van der Waals surface area contributed by atoms with Crippen LogP contribution in [0.1, 0.15) is 0 Å². The largest absolute Gasteiger partial charge is 0.508 e. The third kappa shape index (κ3) is 2.79. The highest BCUT2D eigenvalue weighted by Gasteiger charge is 2.18. The average Bonchev–Trinajstić information content (AvgIpc) is 2.39. The first kappa shape index (κ1) is 12.0. The lowest BCUT2D eigenvalue weighted by atomic mass is 10.2. The molecule has 1 fully saturated rings. The quantitative estimate of drug-likeness (QED) is 0.729. The summed E-state index contributed by atoms with van der Waals surface area (Å²) in [7, 11) is 1.86. The van der Waals surface area contributed by atoms with Gasteiger partial charge in [-0.3, -0.25) is 0 Å². The minimum Gasteiger partial charge on any atom is -0.508 e. The summed E-state index contributed by atoms with van der Waals surface area (Å²) in [6.07, 6.45) is 0. The Labute approximate surface area is 107 Å². The summed E-state index contributed by atoms with van der Waals surface area (Å²) in [5.41, 5.74) is 1.15. The molecule has 1 saturated heterocycles. The number of phenolic OH excluding ortho intramolecular Hbond substituents is 1. The number of phenols is 1. The van der Waals surface area contributed by atoms with Crippen LogP contribution < -0.4 is 10.2 Å². The second-order valence-corrected chi connectivity index (χ2v) is 4.43. The lowest BCUT2D eigenvalue weighted by molar-refractivity contribution is 0.383. The molecule has 1 aliphatic heterocycles. The number of nitrogens with one attached hydrogen (secondary N) is 1. The van der Waals surface area contributed by atoms with Gasteiger partial charge in [0.15, 0.2) is 5.11 Å². The van der Waals surface area contributed by atoms with Gasteiger partial charge in [-0.05, 0) is 36.5 Å². The van der Waals surface area contributed by atoms with E-state index in [4.69, 9.17) is 12.2 Å². The highest BCUT2D eigenvalue weighted by atomic mass is 32.1. The summed E-state index contributed by atoms with van der Waals surface area (Å²) < 4.78 is 0. The van der Waals surface area contributed by atoms with Gasteiger partial charge in [-0.1, -0.05) is 0 Å². The fraction of sp³-hybridized carbons (Fsp3) is 0.417. The number of aromatic hydroxyl groups is 1. The van der Waals surface area contributed by atoms with Crippen molar-refractivity contribution in [3.8, 4) is 5.75 Å². The summed E-state index contributed by atoms with van der Waals surface area (Å²) in [5.74, 6) is 0.309. The fourth-order valence-electron chi connectivity index (χ4n) is 1.99. The summed E-state index contributed by atoms with van der Waals surface area (Å²) >= 11 is 5.21. The average molecular weight is 251 g/mol. The smallest absolute Gasteiger partial charge is 0.168 e. The molecule has 0 atom stereocenters. The van der Waals surface area contributed by atoms with E-state index in [1.165, 1.54) is 0 Å². The second kappa shape index (κ2) is 5.23. The van der Waals surface area contributed by atoms with Gasteiger partial charge in [0.25, 0.3) is 0 Å². The Bertz CT molecular complexity index is 385. The number of hydrogen-bond acceptors (Lipinski definition) is 3. The van der Waals surface area contributed by atoms with Crippen LogP contribution in [0.15, 0.2) is 24.3 Å². The van der Waals surface area contributed by atoms with Crippen LogP contribution in [0.4, 0.5) is 5.69 Å². The maximum atomic E-state index is 9.25. The number of anilines is 1. The van der Waals surface area contributed by atoms with Crippen molar-refractivity contribution < 1.29 is 5.11 Å². The van der Waals surface area contributed by atoms with E-state index in [1.54, 1.807) is 12.1 Å². The highest BCUT2D eigenvalue weighted by Crippen LogP contribution is 2.19. The zero-order valence-corrected chi connectivity index (χ0v) is 10.7. The minimum atomic E-state index is 0.309. The van der Waals surface area contributed by atoms with E-state index < -0.39 is 0 Å². The minimum absolute atomic E-state index is 0.309. The zero-order valence-electron chi connectivity index (χ0n) is 9.89. The molecule has 0 aromatic heterocycles. The summed E-state index contributed by atoms with van der Waals surface area (Å²) in [4.78, 5) is 4.47. The van der Waals surface area contributed by atoms with Crippen molar-refractivity contribution in [2.24, 2.45) is 0 Å². The van der Waals surface area contributed by atoms with Crippen molar-refractivity contribution in [2.75, 3.05) is 38.1 Å². The molecule has 1 aromatic carbocycles. The molecule has 92 valence electrons. The van der Waals surface area contributed by atoms with Gasteiger partial charge in [0.2, 0.25) is 0 Å². The molecule has 2 rings (SSSR count). The van der Waals surface area contributed by atoms with E-state index in [-0.39, 0.29) is 0 Å². The molecule has 1 aliphatic rings. The van der Waals surface area contributed by atoms with Gasteiger partial charge in [0, 0.05) is 38.9 Å². The van der Waals surface area contributed by atoms with Gasteiger partial charge < -0.3 is 20.2 Å². The van der Waals surface area contributed by atoms with Gasteiger partial charge in [0.1, 0.15) is 5.75 Å². The highest BCUT2D eigenvalue weighted by molar-refractivity contribution is 7.80. The monoisotopic (exact) mass is 251 g/mol. The van der Waals surface area contributed by atoms with Crippen LogP contribution in [-0.4, -0.2) is 48.3 Å². The second-order valence-electron chi connectivity index (χ2n) is 4.05. The van der Waals surface area contributed by atoms with Crippen LogP contribution in [0, 0.1) is 0 Å². The molecular weight excluding hydrogens is 234 g/mol. The Hall–Kier alpha value is -1.49. The van der Waals surface area contributed by atoms with E-state index in [1.807, 2.05) is 19.2 Å². The first-order valence-electron chi connectivity index (χ1n) is 5.71. The molecule has 0 aliphatic carbocycles. The predicted octanol–water partition coefficient (Wildman–Crippen LogP) is 1.02. The van der Waals surface area contributed by atoms with Gasteiger partial charge in [-0.2, -0.15) is 0 Å². The summed E-state index contributed by atoms with van der Waals surface area (Å²) in [6.45, 7) is 3.76. The molecule has 5 heteroatoms. The van der Waals surface area contributed by atoms with Crippen LogP contribution in [0.2, 0.25) is 0 Å². The normalized spacial score (nSPS) is 15.8. The molecule has 0 unspecified atom stereocenters. The lowest BCUT2D eigenvalue weighted by Crippen LogP contribution is -2.51. The van der Waals surface area contributed by atoms with Crippen LogP contribution in [0.3, 0.4) is 0 Å². The van der Waals surface area contributed by atoms with Crippen LogP contribution >= 0.6 is 12.2 Å². The topological polar surface area (TPSA) is 38.7 Å². The molecule has 1 aromatic rings. The number of piperazine rings is 1.